The fourth-order valence-corrected chi connectivity index (χ4v) is 2.28. The molecule has 2 N–H and O–H groups in total. The molecular weight excluding hydrogens is 233 g/mol. The van der Waals surface area contributed by atoms with E-state index in [1.165, 1.54) is 18.2 Å². The van der Waals surface area contributed by atoms with Crippen molar-refractivity contribution in [2.75, 3.05) is 6.54 Å². The highest BCUT2D eigenvalue weighted by atomic mass is 35.5. The highest BCUT2D eigenvalue weighted by molar-refractivity contribution is 6.31. The first-order chi connectivity index (χ1) is 7.59. The zero-order valence-corrected chi connectivity index (χ0v) is 9.17. The molecule has 5 heteroatoms. The largest absolute Gasteiger partial charge is 0.481 e. The van der Waals surface area contributed by atoms with Gasteiger partial charge >= 0.3 is 5.97 Å². The van der Waals surface area contributed by atoms with Gasteiger partial charge in [-0.3, -0.25) is 4.79 Å². The normalized spacial score (nSPS) is 24.6. The van der Waals surface area contributed by atoms with E-state index in [0.29, 0.717) is 23.6 Å². The van der Waals surface area contributed by atoms with E-state index in [1.54, 1.807) is 0 Å². The summed E-state index contributed by atoms with van der Waals surface area (Å²) in [7, 11) is 0. The monoisotopic (exact) mass is 243 g/mol. The van der Waals surface area contributed by atoms with Crippen molar-refractivity contribution in [1.29, 1.82) is 0 Å². The third kappa shape index (κ3) is 2.03. The van der Waals surface area contributed by atoms with E-state index in [1.807, 2.05) is 0 Å². The third-order valence-electron chi connectivity index (χ3n) is 2.83. The predicted octanol–water partition coefficient (Wildman–Crippen LogP) is 2.21. The van der Waals surface area contributed by atoms with Crippen LogP contribution in [-0.4, -0.2) is 17.6 Å². The van der Waals surface area contributed by atoms with Gasteiger partial charge < -0.3 is 10.4 Å². The van der Waals surface area contributed by atoms with E-state index in [9.17, 15) is 9.18 Å². The third-order valence-corrected chi connectivity index (χ3v) is 3.18. The van der Waals surface area contributed by atoms with Crippen molar-refractivity contribution in [3.05, 3.63) is 34.6 Å². The van der Waals surface area contributed by atoms with Crippen LogP contribution < -0.4 is 5.32 Å². The highest BCUT2D eigenvalue weighted by Crippen LogP contribution is 2.34. The van der Waals surface area contributed by atoms with E-state index in [2.05, 4.69) is 5.32 Å². The van der Waals surface area contributed by atoms with E-state index in [-0.39, 0.29) is 0 Å². The summed E-state index contributed by atoms with van der Waals surface area (Å²) in [6, 6.07) is 3.60. The second kappa shape index (κ2) is 4.39. The molecule has 1 aliphatic rings. The topological polar surface area (TPSA) is 49.3 Å². The summed E-state index contributed by atoms with van der Waals surface area (Å²) in [6.07, 6.45) is 0.535. The zero-order valence-electron chi connectivity index (χ0n) is 8.41. The van der Waals surface area contributed by atoms with Crippen LogP contribution in [0.3, 0.4) is 0 Å². The van der Waals surface area contributed by atoms with Gasteiger partial charge in [0.05, 0.1) is 5.92 Å². The van der Waals surface area contributed by atoms with Gasteiger partial charge in [0, 0.05) is 11.1 Å². The Morgan fingerprint density at radius 1 is 1.56 bits per heavy atom. The van der Waals surface area contributed by atoms with E-state index in [0.717, 1.165) is 0 Å². The highest BCUT2D eigenvalue weighted by Gasteiger charge is 2.34. The van der Waals surface area contributed by atoms with Crippen LogP contribution in [0.4, 0.5) is 4.39 Å². The van der Waals surface area contributed by atoms with Gasteiger partial charge in [0.2, 0.25) is 0 Å². The quantitative estimate of drug-likeness (QED) is 0.837. The lowest BCUT2D eigenvalue weighted by Gasteiger charge is -2.17. The Morgan fingerprint density at radius 2 is 2.31 bits per heavy atom. The second-order valence-corrected chi connectivity index (χ2v) is 4.24. The molecule has 1 heterocycles. The Kier molecular flexibility index (Phi) is 3.12. The van der Waals surface area contributed by atoms with E-state index >= 15 is 0 Å². The number of benzene rings is 1. The minimum absolute atomic E-state index is 0.395. The molecule has 0 spiro atoms. The smallest absolute Gasteiger partial charge is 0.308 e. The predicted molar refractivity (Wildman–Crippen MR) is 57.9 cm³/mol. The second-order valence-electron chi connectivity index (χ2n) is 3.83. The summed E-state index contributed by atoms with van der Waals surface area (Å²) in [4.78, 5) is 11.0. The van der Waals surface area contributed by atoms with Crippen LogP contribution in [0.1, 0.15) is 18.0 Å². The van der Waals surface area contributed by atoms with Gasteiger partial charge in [-0.05, 0) is 36.7 Å². The van der Waals surface area contributed by atoms with Crippen LogP contribution in [0, 0.1) is 11.7 Å². The van der Waals surface area contributed by atoms with Crippen LogP contribution in [0.25, 0.3) is 0 Å². The summed E-state index contributed by atoms with van der Waals surface area (Å²) >= 11 is 5.95. The van der Waals surface area contributed by atoms with Crippen molar-refractivity contribution in [1.82, 2.24) is 5.32 Å². The van der Waals surface area contributed by atoms with Crippen molar-refractivity contribution in [2.24, 2.45) is 5.92 Å². The number of carboxylic acids is 1. The Hall–Kier alpha value is -1.13. The lowest BCUT2D eigenvalue weighted by molar-refractivity contribution is -0.142. The first kappa shape index (κ1) is 11.4. The number of aliphatic carboxylic acids is 1. The molecule has 1 aromatic carbocycles. The van der Waals surface area contributed by atoms with Gasteiger partial charge in [-0.25, -0.2) is 4.39 Å². The zero-order chi connectivity index (χ0) is 11.7. The maximum absolute atomic E-state index is 13.1. The van der Waals surface area contributed by atoms with Gasteiger partial charge in [-0.15, -0.1) is 0 Å². The number of rotatable bonds is 2. The van der Waals surface area contributed by atoms with E-state index in [4.69, 9.17) is 16.7 Å². The molecule has 0 unspecified atom stereocenters. The first-order valence-corrected chi connectivity index (χ1v) is 5.38. The average Bonchev–Trinajstić information content (AvgIpc) is 2.70. The lowest BCUT2D eigenvalue weighted by Crippen LogP contribution is -2.23. The van der Waals surface area contributed by atoms with Crippen molar-refractivity contribution < 1.29 is 14.3 Å². The summed E-state index contributed by atoms with van der Waals surface area (Å²) in [5.74, 6) is -1.83. The average molecular weight is 244 g/mol. The molecule has 0 bridgehead atoms. The number of nitrogens with one attached hydrogen (secondary N) is 1. The molecular formula is C11H11ClFNO2. The molecule has 1 aromatic rings. The molecule has 0 aliphatic carbocycles. The minimum atomic E-state index is -0.879. The van der Waals surface area contributed by atoms with Gasteiger partial charge in [0.25, 0.3) is 0 Å². The van der Waals surface area contributed by atoms with Crippen molar-refractivity contribution >= 4 is 17.6 Å². The van der Waals surface area contributed by atoms with Crippen LogP contribution in [0.2, 0.25) is 5.02 Å². The number of carbonyl (C=O) groups is 1. The van der Waals surface area contributed by atoms with Crippen molar-refractivity contribution in [2.45, 2.75) is 12.5 Å². The van der Waals surface area contributed by atoms with Gasteiger partial charge in [-0.2, -0.15) is 0 Å². The van der Waals surface area contributed by atoms with Gasteiger partial charge in [0.15, 0.2) is 0 Å². The number of halogens is 2. The first-order valence-electron chi connectivity index (χ1n) is 5.00. The molecule has 16 heavy (non-hydrogen) atoms. The Morgan fingerprint density at radius 3 is 3.00 bits per heavy atom. The SMILES string of the molecule is O=C(O)[C@@H]1CCN[C@H]1c1cc(F)ccc1Cl. The number of carboxylic acid groups (broad SMARTS) is 1. The Balaban J connectivity index is 2.35. The summed E-state index contributed by atoms with van der Waals surface area (Å²) in [6.45, 7) is 0.606. The molecule has 1 saturated heterocycles. The van der Waals surface area contributed by atoms with Crippen molar-refractivity contribution in [3.63, 3.8) is 0 Å². The maximum Gasteiger partial charge on any atom is 0.308 e. The molecule has 2 rings (SSSR count). The van der Waals surface area contributed by atoms with Crippen LogP contribution in [0.15, 0.2) is 18.2 Å². The standard InChI is InChI=1S/C11H11ClFNO2/c12-9-2-1-6(13)5-8(9)10-7(11(15)16)3-4-14-10/h1-2,5,7,10,14H,3-4H2,(H,15,16)/t7-,10-/m1/s1. The molecule has 0 amide bonds. The summed E-state index contributed by atoms with van der Waals surface area (Å²) in [5.41, 5.74) is 0.520. The molecule has 0 aromatic heterocycles. The maximum atomic E-state index is 13.1. The molecule has 0 radical (unpaired) electrons. The van der Waals surface area contributed by atoms with Crippen LogP contribution >= 0.6 is 11.6 Å². The van der Waals surface area contributed by atoms with Crippen molar-refractivity contribution in [3.8, 4) is 0 Å². The van der Waals surface area contributed by atoms with Gasteiger partial charge in [0.1, 0.15) is 5.82 Å². The van der Waals surface area contributed by atoms with Crippen LogP contribution in [0.5, 0.6) is 0 Å². The molecule has 1 aliphatic heterocycles. The lowest BCUT2D eigenvalue weighted by atomic mass is 9.94. The molecule has 86 valence electrons. The number of hydrogen-bond acceptors (Lipinski definition) is 2. The van der Waals surface area contributed by atoms with E-state index < -0.39 is 23.7 Å². The Bertz CT molecular complexity index is 424. The fourth-order valence-electron chi connectivity index (χ4n) is 2.05. The fraction of sp³-hybridized carbons (Fsp3) is 0.364. The van der Waals surface area contributed by atoms with Crippen LogP contribution in [-0.2, 0) is 4.79 Å². The number of hydrogen-bond donors (Lipinski definition) is 2. The summed E-state index contributed by atoms with van der Waals surface area (Å²) < 4.78 is 13.1. The molecule has 2 atom stereocenters. The molecule has 3 nitrogen and oxygen atoms in total. The van der Waals surface area contributed by atoms with Gasteiger partial charge in [-0.1, -0.05) is 11.6 Å². The Labute approximate surface area is 97.2 Å². The molecule has 1 fully saturated rings. The molecule has 0 saturated carbocycles. The summed E-state index contributed by atoms with van der Waals surface area (Å²) in [5, 5.41) is 12.5. The minimum Gasteiger partial charge on any atom is -0.481 e.